The lowest BCUT2D eigenvalue weighted by Gasteiger charge is -2.11. The summed E-state index contributed by atoms with van der Waals surface area (Å²) in [6, 6.07) is 0. The van der Waals surface area contributed by atoms with Crippen molar-refractivity contribution in [3.63, 3.8) is 0 Å². The van der Waals surface area contributed by atoms with Crippen molar-refractivity contribution in [2.45, 2.75) is 25.3 Å². The van der Waals surface area contributed by atoms with E-state index in [2.05, 4.69) is 15.3 Å². The number of rotatable bonds is 3. The van der Waals surface area contributed by atoms with Crippen molar-refractivity contribution < 1.29 is 14.7 Å². The summed E-state index contributed by atoms with van der Waals surface area (Å²) in [5.41, 5.74) is -0.238. The standard InChI is InChI=1S/C10H11N3O3/c1-6-4-12-7(5-11-6)8(14)13-10(2-3-10)9(15)16/h4-5H,2-3H2,1H3,(H,13,14)(H,15,16). The SMILES string of the molecule is Cc1cnc(C(=O)NC2(C(=O)O)CC2)cn1. The van der Waals surface area contributed by atoms with Gasteiger partial charge in [-0.1, -0.05) is 0 Å². The van der Waals surface area contributed by atoms with Crippen LogP contribution in [0.2, 0.25) is 0 Å². The Morgan fingerprint density at radius 2 is 2.06 bits per heavy atom. The zero-order valence-corrected chi connectivity index (χ0v) is 8.73. The van der Waals surface area contributed by atoms with Gasteiger partial charge in [-0.3, -0.25) is 9.78 Å². The molecule has 0 spiro atoms. The van der Waals surface area contributed by atoms with Gasteiger partial charge in [-0.05, 0) is 19.8 Å². The van der Waals surface area contributed by atoms with Gasteiger partial charge in [-0.15, -0.1) is 0 Å². The normalized spacial score (nSPS) is 16.6. The summed E-state index contributed by atoms with van der Waals surface area (Å²) in [5.74, 6) is -1.49. The van der Waals surface area contributed by atoms with E-state index in [1.54, 1.807) is 6.92 Å². The number of nitrogens with one attached hydrogen (secondary N) is 1. The molecule has 0 bridgehead atoms. The first-order valence-corrected chi connectivity index (χ1v) is 4.88. The molecular weight excluding hydrogens is 210 g/mol. The molecule has 0 aromatic carbocycles. The van der Waals surface area contributed by atoms with Crippen molar-refractivity contribution in [2.75, 3.05) is 0 Å². The van der Waals surface area contributed by atoms with Crippen LogP contribution in [0.4, 0.5) is 0 Å². The van der Waals surface area contributed by atoms with Crippen molar-refractivity contribution in [2.24, 2.45) is 0 Å². The molecule has 2 N–H and O–H groups in total. The van der Waals surface area contributed by atoms with Gasteiger partial charge in [0, 0.05) is 6.20 Å². The molecule has 1 aliphatic carbocycles. The zero-order valence-electron chi connectivity index (χ0n) is 8.73. The summed E-state index contributed by atoms with van der Waals surface area (Å²) in [4.78, 5) is 30.3. The Kier molecular flexibility index (Phi) is 2.34. The number of hydrogen-bond acceptors (Lipinski definition) is 4. The third kappa shape index (κ3) is 1.86. The number of amides is 1. The quantitative estimate of drug-likeness (QED) is 0.757. The van der Waals surface area contributed by atoms with E-state index in [-0.39, 0.29) is 5.69 Å². The molecule has 0 unspecified atom stereocenters. The molecule has 1 aliphatic rings. The van der Waals surface area contributed by atoms with Crippen LogP contribution in [0.25, 0.3) is 0 Å². The maximum atomic E-state index is 11.6. The second kappa shape index (κ2) is 3.55. The third-order valence-electron chi connectivity index (χ3n) is 2.53. The van der Waals surface area contributed by atoms with Gasteiger partial charge in [0.15, 0.2) is 0 Å². The number of carboxylic acids is 1. The van der Waals surface area contributed by atoms with Gasteiger partial charge in [0.2, 0.25) is 0 Å². The average Bonchev–Trinajstić information content (AvgIpc) is 3.00. The average molecular weight is 221 g/mol. The summed E-state index contributed by atoms with van der Waals surface area (Å²) < 4.78 is 0. The van der Waals surface area contributed by atoms with E-state index < -0.39 is 17.4 Å². The monoisotopic (exact) mass is 221 g/mol. The molecule has 1 heterocycles. The molecule has 6 heteroatoms. The molecule has 0 atom stereocenters. The van der Waals surface area contributed by atoms with Crippen LogP contribution in [-0.4, -0.2) is 32.5 Å². The molecular formula is C10H11N3O3. The Balaban J connectivity index is 2.09. The maximum Gasteiger partial charge on any atom is 0.329 e. The van der Waals surface area contributed by atoms with E-state index in [4.69, 9.17) is 5.11 Å². The molecule has 1 saturated carbocycles. The van der Waals surface area contributed by atoms with Crippen molar-refractivity contribution in [1.29, 1.82) is 0 Å². The Hall–Kier alpha value is -1.98. The number of carboxylic acid groups (broad SMARTS) is 1. The molecule has 0 saturated heterocycles. The van der Waals surface area contributed by atoms with Gasteiger partial charge < -0.3 is 10.4 Å². The van der Waals surface area contributed by atoms with E-state index in [0.29, 0.717) is 18.5 Å². The van der Waals surface area contributed by atoms with Crippen LogP contribution in [-0.2, 0) is 4.79 Å². The topological polar surface area (TPSA) is 92.2 Å². The number of carbonyl (C=O) groups is 2. The van der Waals surface area contributed by atoms with Gasteiger partial charge in [-0.2, -0.15) is 0 Å². The van der Waals surface area contributed by atoms with Crippen molar-refractivity contribution in [1.82, 2.24) is 15.3 Å². The number of aryl methyl sites for hydroxylation is 1. The summed E-state index contributed by atoms with van der Waals surface area (Å²) in [6.07, 6.45) is 3.73. The van der Waals surface area contributed by atoms with Crippen molar-refractivity contribution in [3.05, 3.63) is 23.8 Å². The first-order chi connectivity index (χ1) is 7.53. The highest BCUT2D eigenvalue weighted by atomic mass is 16.4. The van der Waals surface area contributed by atoms with Crippen LogP contribution < -0.4 is 5.32 Å². The molecule has 2 rings (SSSR count). The minimum atomic E-state index is -1.08. The first kappa shape index (κ1) is 10.5. The number of carbonyl (C=O) groups excluding carboxylic acids is 1. The minimum Gasteiger partial charge on any atom is -0.480 e. The van der Waals surface area contributed by atoms with Crippen LogP contribution >= 0.6 is 0 Å². The molecule has 0 radical (unpaired) electrons. The lowest BCUT2D eigenvalue weighted by atomic mass is 10.2. The van der Waals surface area contributed by atoms with Crippen LogP contribution in [0, 0.1) is 6.92 Å². The Morgan fingerprint density at radius 3 is 2.50 bits per heavy atom. The molecule has 0 aliphatic heterocycles. The van der Waals surface area contributed by atoms with E-state index in [1.807, 2.05) is 0 Å². The highest BCUT2D eigenvalue weighted by Gasteiger charge is 2.51. The smallest absolute Gasteiger partial charge is 0.329 e. The van der Waals surface area contributed by atoms with E-state index in [0.717, 1.165) is 0 Å². The van der Waals surface area contributed by atoms with Crippen LogP contribution in [0.3, 0.4) is 0 Å². The van der Waals surface area contributed by atoms with Crippen LogP contribution in [0.5, 0.6) is 0 Å². The van der Waals surface area contributed by atoms with Crippen molar-refractivity contribution in [3.8, 4) is 0 Å². The predicted molar refractivity (Wildman–Crippen MR) is 53.8 cm³/mol. The van der Waals surface area contributed by atoms with E-state index in [9.17, 15) is 9.59 Å². The fraction of sp³-hybridized carbons (Fsp3) is 0.400. The molecule has 1 aromatic heterocycles. The minimum absolute atomic E-state index is 0.137. The Bertz CT molecular complexity index is 437. The molecule has 6 nitrogen and oxygen atoms in total. The zero-order chi connectivity index (χ0) is 11.8. The summed E-state index contributed by atoms with van der Waals surface area (Å²) in [5, 5.41) is 11.4. The van der Waals surface area contributed by atoms with Gasteiger partial charge in [0.05, 0.1) is 11.9 Å². The number of aromatic nitrogens is 2. The second-order valence-corrected chi connectivity index (χ2v) is 3.88. The Labute approximate surface area is 91.7 Å². The molecule has 84 valence electrons. The number of hydrogen-bond donors (Lipinski definition) is 2. The van der Waals surface area contributed by atoms with E-state index >= 15 is 0 Å². The number of nitrogens with zero attached hydrogens (tertiary/aromatic N) is 2. The van der Waals surface area contributed by atoms with Gasteiger partial charge in [0.1, 0.15) is 11.2 Å². The summed E-state index contributed by atoms with van der Waals surface area (Å²) in [6.45, 7) is 1.76. The van der Waals surface area contributed by atoms with Gasteiger partial charge >= 0.3 is 5.97 Å². The second-order valence-electron chi connectivity index (χ2n) is 3.88. The molecule has 1 aromatic rings. The molecule has 1 fully saturated rings. The fourth-order valence-electron chi connectivity index (χ4n) is 1.31. The lowest BCUT2D eigenvalue weighted by molar-refractivity contribution is -0.140. The molecule has 16 heavy (non-hydrogen) atoms. The predicted octanol–water partition coefficient (Wildman–Crippen LogP) is 0.132. The van der Waals surface area contributed by atoms with Crippen LogP contribution in [0.15, 0.2) is 12.4 Å². The lowest BCUT2D eigenvalue weighted by Crippen LogP contribution is -2.43. The largest absolute Gasteiger partial charge is 0.480 e. The third-order valence-corrected chi connectivity index (χ3v) is 2.53. The molecule has 1 amide bonds. The first-order valence-electron chi connectivity index (χ1n) is 4.88. The van der Waals surface area contributed by atoms with Gasteiger partial charge in [-0.25, -0.2) is 9.78 Å². The van der Waals surface area contributed by atoms with Crippen molar-refractivity contribution >= 4 is 11.9 Å². The maximum absolute atomic E-state index is 11.6. The van der Waals surface area contributed by atoms with Crippen LogP contribution in [0.1, 0.15) is 29.0 Å². The summed E-state index contributed by atoms with van der Waals surface area (Å²) in [7, 11) is 0. The highest BCUT2D eigenvalue weighted by molar-refractivity contribution is 5.97. The Morgan fingerprint density at radius 1 is 1.38 bits per heavy atom. The highest BCUT2D eigenvalue weighted by Crippen LogP contribution is 2.35. The number of aliphatic carboxylic acids is 1. The van der Waals surface area contributed by atoms with E-state index in [1.165, 1.54) is 12.4 Å². The summed E-state index contributed by atoms with van der Waals surface area (Å²) >= 11 is 0. The van der Waals surface area contributed by atoms with Gasteiger partial charge in [0.25, 0.3) is 5.91 Å². The fourth-order valence-corrected chi connectivity index (χ4v) is 1.31.